The van der Waals surface area contributed by atoms with E-state index in [0.717, 1.165) is 12.0 Å². The predicted octanol–water partition coefficient (Wildman–Crippen LogP) is 3.83. The van der Waals surface area contributed by atoms with E-state index in [1.807, 2.05) is 37.3 Å². The van der Waals surface area contributed by atoms with Crippen molar-refractivity contribution >= 4 is 32.4 Å². The number of thiazole rings is 1. The third-order valence-corrected chi connectivity index (χ3v) is 6.17. The molecular formula is C19H19N3O3S2. The normalized spacial score (nSPS) is 12.3. The summed E-state index contributed by atoms with van der Waals surface area (Å²) in [7, 11) is -3.73. The molecule has 1 aromatic heterocycles. The molecule has 3 rings (SSSR count). The summed E-state index contributed by atoms with van der Waals surface area (Å²) in [6, 6.07) is 15.4. The lowest BCUT2D eigenvalue weighted by Crippen LogP contribution is -2.28. The van der Waals surface area contributed by atoms with Gasteiger partial charge in [-0.1, -0.05) is 37.3 Å². The molecule has 6 nitrogen and oxygen atoms in total. The number of sulfonamides is 1. The molecule has 140 valence electrons. The molecule has 1 heterocycles. The van der Waals surface area contributed by atoms with Crippen LogP contribution in [-0.4, -0.2) is 19.3 Å². The quantitative estimate of drug-likeness (QED) is 0.630. The molecule has 3 aromatic rings. The number of anilines is 1. The van der Waals surface area contributed by atoms with Gasteiger partial charge in [0.05, 0.1) is 10.9 Å². The van der Waals surface area contributed by atoms with Gasteiger partial charge in [0.25, 0.3) is 15.9 Å². The zero-order valence-electron chi connectivity index (χ0n) is 14.6. The Balaban J connectivity index is 1.72. The fourth-order valence-electron chi connectivity index (χ4n) is 2.58. The molecule has 1 atom stereocenters. The van der Waals surface area contributed by atoms with Crippen LogP contribution in [0.2, 0.25) is 0 Å². The van der Waals surface area contributed by atoms with Crippen molar-refractivity contribution in [2.75, 3.05) is 4.72 Å². The zero-order chi connectivity index (χ0) is 19.3. The monoisotopic (exact) mass is 401 g/mol. The van der Waals surface area contributed by atoms with Gasteiger partial charge >= 0.3 is 0 Å². The Morgan fingerprint density at radius 2 is 1.81 bits per heavy atom. The Morgan fingerprint density at radius 1 is 1.11 bits per heavy atom. The average molecular weight is 402 g/mol. The Bertz CT molecular complexity index is 986. The number of carbonyl (C=O) groups excluding carboxylic acids is 1. The maximum Gasteiger partial charge on any atom is 0.263 e. The molecule has 2 N–H and O–H groups in total. The standard InChI is InChI=1S/C19H19N3O3S2/c1-2-17(14-6-4-3-5-7-14)21-18(23)15-8-10-16(11-9-15)27(24,25)22-19-20-12-13-26-19/h3-13,17H,2H2,1H3,(H,20,22)(H,21,23)/t17-/m0/s1. The number of nitrogens with one attached hydrogen (secondary N) is 2. The van der Waals surface area contributed by atoms with E-state index in [1.54, 1.807) is 5.38 Å². The van der Waals surface area contributed by atoms with Gasteiger partial charge in [0.1, 0.15) is 0 Å². The van der Waals surface area contributed by atoms with Crippen LogP contribution in [0.5, 0.6) is 0 Å². The van der Waals surface area contributed by atoms with Crippen LogP contribution in [0.4, 0.5) is 5.13 Å². The molecule has 8 heteroatoms. The van der Waals surface area contributed by atoms with Gasteiger partial charge in [-0.3, -0.25) is 9.52 Å². The maximum absolute atomic E-state index is 12.5. The van der Waals surface area contributed by atoms with Crippen molar-refractivity contribution in [1.82, 2.24) is 10.3 Å². The predicted molar refractivity (Wildman–Crippen MR) is 106 cm³/mol. The number of aromatic nitrogens is 1. The molecule has 27 heavy (non-hydrogen) atoms. The molecule has 0 fully saturated rings. The van der Waals surface area contributed by atoms with Crippen LogP contribution in [0.1, 0.15) is 35.3 Å². The first kappa shape index (κ1) is 19.1. The maximum atomic E-state index is 12.5. The van der Waals surface area contributed by atoms with Gasteiger partial charge in [-0.25, -0.2) is 13.4 Å². The van der Waals surface area contributed by atoms with Crippen molar-refractivity contribution in [2.24, 2.45) is 0 Å². The highest BCUT2D eigenvalue weighted by atomic mass is 32.2. The number of benzene rings is 2. The van der Waals surface area contributed by atoms with Gasteiger partial charge < -0.3 is 5.32 Å². The first-order chi connectivity index (χ1) is 13.0. The van der Waals surface area contributed by atoms with Crippen molar-refractivity contribution < 1.29 is 13.2 Å². The van der Waals surface area contributed by atoms with Crippen LogP contribution in [0.3, 0.4) is 0 Å². The van der Waals surface area contributed by atoms with E-state index in [4.69, 9.17) is 0 Å². The van der Waals surface area contributed by atoms with Gasteiger partial charge in [0, 0.05) is 17.1 Å². The van der Waals surface area contributed by atoms with E-state index in [9.17, 15) is 13.2 Å². The molecule has 0 bridgehead atoms. The minimum atomic E-state index is -3.73. The third kappa shape index (κ3) is 4.72. The summed E-state index contributed by atoms with van der Waals surface area (Å²) in [6.07, 6.45) is 2.27. The first-order valence-corrected chi connectivity index (χ1v) is 10.7. The molecule has 0 spiro atoms. The summed E-state index contributed by atoms with van der Waals surface area (Å²) in [5, 5.41) is 4.96. The topological polar surface area (TPSA) is 88.2 Å². The van der Waals surface area contributed by atoms with Crippen LogP contribution < -0.4 is 10.0 Å². The number of amides is 1. The summed E-state index contributed by atoms with van der Waals surface area (Å²) in [6.45, 7) is 2.00. The molecular weight excluding hydrogens is 382 g/mol. The van der Waals surface area contributed by atoms with E-state index in [2.05, 4.69) is 15.0 Å². The SMILES string of the molecule is CC[C@H](NC(=O)c1ccc(S(=O)(=O)Nc2nccs2)cc1)c1ccccc1. The molecule has 1 amide bonds. The summed E-state index contributed by atoms with van der Waals surface area (Å²) in [4.78, 5) is 16.5. The van der Waals surface area contributed by atoms with E-state index in [0.29, 0.717) is 10.7 Å². The number of nitrogens with zero attached hydrogens (tertiary/aromatic N) is 1. The second kappa shape index (κ2) is 8.32. The summed E-state index contributed by atoms with van der Waals surface area (Å²) < 4.78 is 27.1. The van der Waals surface area contributed by atoms with E-state index in [1.165, 1.54) is 41.8 Å². The molecule has 0 aliphatic carbocycles. The van der Waals surface area contributed by atoms with Crippen molar-refractivity contribution in [3.63, 3.8) is 0 Å². The Hall–Kier alpha value is -2.71. The average Bonchev–Trinajstić information content (AvgIpc) is 3.19. The van der Waals surface area contributed by atoms with Gasteiger partial charge in [-0.05, 0) is 36.2 Å². The van der Waals surface area contributed by atoms with Crippen molar-refractivity contribution in [2.45, 2.75) is 24.3 Å². The second-order valence-corrected chi connectivity index (χ2v) is 8.39. The smallest absolute Gasteiger partial charge is 0.263 e. The number of hydrogen-bond acceptors (Lipinski definition) is 5. The van der Waals surface area contributed by atoms with Gasteiger partial charge in [0.2, 0.25) is 0 Å². The summed E-state index contributed by atoms with van der Waals surface area (Å²) in [5.41, 5.74) is 1.43. The van der Waals surface area contributed by atoms with Gasteiger partial charge in [-0.2, -0.15) is 0 Å². The van der Waals surface area contributed by atoms with Crippen LogP contribution in [0.25, 0.3) is 0 Å². The fourth-order valence-corrected chi connectivity index (χ4v) is 4.37. The molecule has 0 saturated heterocycles. The molecule has 0 radical (unpaired) electrons. The van der Waals surface area contributed by atoms with Crippen LogP contribution in [0.15, 0.2) is 71.1 Å². The molecule has 2 aromatic carbocycles. The molecule has 0 saturated carbocycles. The molecule has 0 aliphatic rings. The van der Waals surface area contributed by atoms with E-state index in [-0.39, 0.29) is 16.8 Å². The third-order valence-electron chi connectivity index (χ3n) is 4.00. The number of rotatable bonds is 7. The van der Waals surface area contributed by atoms with Gasteiger partial charge in [-0.15, -0.1) is 11.3 Å². The summed E-state index contributed by atoms with van der Waals surface area (Å²) >= 11 is 1.19. The highest BCUT2D eigenvalue weighted by Crippen LogP contribution is 2.20. The lowest BCUT2D eigenvalue weighted by molar-refractivity contribution is 0.0935. The van der Waals surface area contributed by atoms with Crippen LogP contribution in [0, 0.1) is 0 Å². The zero-order valence-corrected chi connectivity index (χ0v) is 16.3. The molecule has 0 aliphatic heterocycles. The number of hydrogen-bond donors (Lipinski definition) is 2. The minimum absolute atomic E-state index is 0.0735. The first-order valence-electron chi connectivity index (χ1n) is 8.38. The minimum Gasteiger partial charge on any atom is -0.345 e. The fraction of sp³-hybridized carbons (Fsp3) is 0.158. The second-order valence-electron chi connectivity index (χ2n) is 5.81. The Kier molecular flexibility index (Phi) is 5.88. The highest BCUT2D eigenvalue weighted by molar-refractivity contribution is 7.93. The number of carbonyl (C=O) groups is 1. The van der Waals surface area contributed by atoms with E-state index < -0.39 is 10.0 Å². The Labute approximate surface area is 162 Å². The largest absolute Gasteiger partial charge is 0.345 e. The van der Waals surface area contributed by atoms with E-state index >= 15 is 0 Å². The Morgan fingerprint density at radius 3 is 2.41 bits per heavy atom. The van der Waals surface area contributed by atoms with Crippen molar-refractivity contribution in [3.8, 4) is 0 Å². The highest BCUT2D eigenvalue weighted by Gasteiger charge is 2.18. The van der Waals surface area contributed by atoms with Gasteiger partial charge in [0.15, 0.2) is 5.13 Å². The van der Waals surface area contributed by atoms with Crippen molar-refractivity contribution in [3.05, 3.63) is 77.3 Å². The summed E-state index contributed by atoms with van der Waals surface area (Å²) in [5.74, 6) is -0.248. The van der Waals surface area contributed by atoms with Crippen molar-refractivity contribution in [1.29, 1.82) is 0 Å². The lowest BCUT2D eigenvalue weighted by Gasteiger charge is -2.17. The lowest BCUT2D eigenvalue weighted by atomic mass is 10.0. The molecule has 0 unspecified atom stereocenters. The van der Waals surface area contributed by atoms with Crippen LogP contribution >= 0.6 is 11.3 Å². The van der Waals surface area contributed by atoms with Crippen LogP contribution in [-0.2, 0) is 10.0 Å².